The molecule has 1 aliphatic heterocycles. The van der Waals surface area contributed by atoms with Crippen molar-refractivity contribution in [2.75, 3.05) is 20.3 Å². The van der Waals surface area contributed by atoms with Crippen molar-refractivity contribution < 1.29 is 9.47 Å². The number of ether oxygens (including phenoxy) is 2. The fourth-order valence-electron chi connectivity index (χ4n) is 2.67. The van der Waals surface area contributed by atoms with Crippen LogP contribution in [0.4, 0.5) is 0 Å². The molecule has 0 amide bonds. The van der Waals surface area contributed by atoms with Crippen molar-refractivity contribution in [2.24, 2.45) is 0 Å². The van der Waals surface area contributed by atoms with Gasteiger partial charge in [0.2, 0.25) is 0 Å². The average molecular weight is 219 g/mol. The third kappa shape index (κ3) is 1.60. The smallest absolute Gasteiger partial charge is 0.119 e. The fourth-order valence-corrected chi connectivity index (χ4v) is 2.67. The van der Waals surface area contributed by atoms with Gasteiger partial charge in [-0.05, 0) is 42.6 Å². The molecule has 0 aromatic heterocycles. The maximum Gasteiger partial charge on any atom is 0.119 e. The van der Waals surface area contributed by atoms with Crippen LogP contribution in [0.2, 0.25) is 0 Å². The van der Waals surface area contributed by atoms with Gasteiger partial charge in [0.25, 0.3) is 0 Å². The minimum absolute atomic E-state index is 0.215. The minimum atomic E-state index is 0.215. The summed E-state index contributed by atoms with van der Waals surface area (Å²) >= 11 is 0. The minimum Gasteiger partial charge on any atom is -0.497 e. The molecule has 3 heteroatoms. The Hall–Kier alpha value is -1.06. The van der Waals surface area contributed by atoms with Crippen LogP contribution in [-0.4, -0.2) is 26.3 Å². The van der Waals surface area contributed by atoms with Gasteiger partial charge in [-0.2, -0.15) is 0 Å². The molecular formula is C13H17NO2. The second-order valence-electron chi connectivity index (χ2n) is 4.47. The highest BCUT2D eigenvalue weighted by Gasteiger charge is 2.34. The summed E-state index contributed by atoms with van der Waals surface area (Å²) in [6.07, 6.45) is 2.39. The zero-order valence-electron chi connectivity index (χ0n) is 9.53. The first-order valence-electron chi connectivity index (χ1n) is 5.90. The molecule has 1 saturated heterocycles. The summed E-state index contributed by atoms with van der Waals surface area (Å²) in [5.41, 5.74) is 2.70. The van der Waals surface area contributed by atoms with Crippen molar-refractivity contribution in [3.05, 3.63) is 29.3 Å². The number of rotatable bonds is 1. The molecule has 0 radical (unpaired) electrons. The van der Waals surface area contributed by atoms with E-state index >= 15 is 0 Å². The Morgan fingerprint density at radius 1 is 1.44 bits per heavy atom. The summed E-state index contributed by atoms with van der Waals surface area (Å²) in [6.45, 7) is 1.91. The highest BCUT2D eigenvalue weighted by Crippen LogP contribution is 2.37. The van der Waals surface area contributed by atoms with Gasteiger partial charge < -0.3 is 14.8 Å². The number of hydrogen-bond acceptors (Lipinski definition) is 3. The highest BCUT2D eigenvalue weighted by atomic mass is 16.5. The maximum atomic E-state index is 5.93. The lowest BCUT2D eigenvalue weighted by atomic mass is 10.1. The van der Waals surface area contributed by atoms with Crippen LogP contribution in [-0.2, 0) is 11.2 Å². The standard InChI is InChI=1S/C13H17NO2/c1-15-10-4-3-9-7-12-13(11(9)8-10)16-6-2-5-14-12/h3-4,8,12-14H,2,5-7H2,1H3. The van der Waals surface area contributed by atoms with E-state index in [1.54, 1.807) is 7.11 Å². The van der Waals surface area contributed by atoms with Crippen LogP contribution in [0.3, 0.4) is 0 Å². The van der Waals surface area contributed by atoms with Gasteiger partial charge in [0, 0.05) is 12.6 Å². The van der Waals surface area contributed by atoms with E-state index in [1.807, 2.05) is 6.07 Å². The lowest BCUT2D eigenvalue weighted by Crippen LogP contribution is -2.31. The molecule has 3 rings (SSSR count). The molecule has 1 aromatic carbocycles. The molecule has 16 heavy (non-hydrogen) atoms. The van der Waals surface area contributed by atoms with Crippen molar-refractivity contribution in [3.63, 3.8) is 0 Å². The zero-order chi connectivity index (χ0) is 11.0. The first-order valence-corrected chi connectivity index (χ1v) is 5.90. The predicted octanol–water partition coefficient (Wildman–Crippen LogP) is 1.67. The molecule has 86 valence electrons. The molecule has 1 aliphatic carbocycles. The van der Waals surface area contributed by atoms with Gasteiger partial charge in [-0.1, -0.05) is 6.07 Å². The van der Waals surface area contributed by atoms with Crippen LogP contribution in [0, 0.1) is 0 Å². The van der Waals surface area contributed by atoms with Gasteiger partial charge >= 0.3 is 0 Å². The highest BCUT2D eigenvalue weighted by molar-refractivity contribution is 5.42. The first kappa shape index (κ1) is 10.1. The van der Waals surface area contributed by atoms with E-state index in [9.17, 15) is 0 Å². The number of hydrogen-bond donors (Lipinski definition) is 1. The number of fused-ring (bicyclic) bond motifs is 3. The normalized spacial score (nSPS) is 28.1. The summed E-state index contributed by atoms with van der Waals surface area (Å²) in [7, 11) is 1.71. The largest absolute Gasteiger partial charge is 0.497 e. The predicted molar refractivity (Wildman–Crippen MR) is 61.8 cm³/mol. The third-order valence-electron chi connectivity index (χ3n) is 3.49. The monoisotopic (exact) mass is 219 g/mol. The second-order valence-corrected chi connectivity index (χ2v) is 4.47. The molecule has 2 atom stereocenters. The van der Waals surface area contributed by atoms with E-state index in [1.165, 1.54) is 11.1 Å². The molecule has 1 fully saturated rings. The summed E-state index contributed by atoms with van der Waals surface area (Å²) in [6, 6.07) is 6.76. The summed E-state index contributed by atoms with van der Waals surface area (Å²) in [5.74, 6) is 0.923. The molecule has 0 bridgehead atoms. The van der Waals surface area contributed by atoms with Crippen LogP contribution in [0.15, 0.2) is 18.2 Å². The van der Waals surface area contributed by atoms with Gasteiger partial charge in [0.15, 0.2) is 0 Å². The van der Waals surface area contributed by atoms with Gasteiger partial charge in [-0.15, -0.1) is 0 Å². The molecule has 2 aliphatic rings. The average Bonchev–Trinajstić information content (AvgIpc) is 2.50. The third-order valence-corrected chi connectivity index (χ3v) is 3.49. The maximum absolute atomic E-state index is 5.93. The molecule has 0 saturated carbocycles. The van der Waals surface area contributed by atoms with Gasteiger partial charge in [-0.3, -0.25) is 0 Å². The first-order chi connectivity index (χ1) is 7.88. The Kier molecular flexibility index (Phi) is 2.58. The molecular weight excluding hydrogens is 202 g/mol. The Labute approximate surface area is 95.8 Å². The van der Waals surface area contributed by atoms with E-state index in [0.29, 0.717) is 6.04 Å². The van der Waals surface area contributed by atoms with Gasteiger partial charge in [0.1, 0.15) is 5.75 Å². The van der Waals surface area contributed by atoms with Crippen molar-refractivity contribution in [3.8, 4) is 5.75 Å². The Morgan fingerprint density at radius 2 is 2.38 bits per heavy atom. The molecule has 1 heterocycles. The Balaban J connectivity index is 1.95. The van der Waals surface area contributed by atoms with E-state index in [0.717, 1.165) is 31.7 Å². The molecule has 3 nitrogen and oxygen atoms in total. The van der Waals surface area contributed by atoms with Gasteiger partial charge in [-0.25, -0.2) is 0 Å². The SMILES string of the molecule is COc1ccc2c(c1)C1OCCCNC1C2. The van der Waals surface area contributed by atoms with Crippen molar-refractivity contribution in [2.45, 2.75) is 25.0 Å². The van der Waals surface area contributed by atoms with Crippen LogP contribution < -0.4 is 10.1 Å². The number of methoxy groups -OCH3 is 1. The summed E-state index contributed by atoms with van der Waals surface area (Å²) < 4.78 is 11.2. The van der Waals surface area contributed by atoms with E-state index in [2.05, 4.69) is 17.4 Å². The Bertz CT molecular complexity index is 392. The molecule has 0 spiro atoms. The zero-order valence-corrected chi connectivity index (χ0v) is 9.53. The lowest BCUT2D eigenvalue weighted by Gasteiger charge is -2.18. The van der Waals surface area contributed by atoms with Crippen LogP contribution in [0.5, 0.6) is 5.75 Å². The second kappa shape index (κ2) is 4.07. The number of nitrogens with one attached hydrogen (secondary N) is 1. The van der Waals surface area contributed by atoms with E-state index in [-0.39, 0.29) is 6.10 Å². The quantitative estimate of drug-likeness (QED) is 0.779. The van der Waals surface area contributed by atoms with Crippen molar-refractivity contribution in [1.29, 1.82) is 0 Å². The van der Waals surface area contributed by atoms with Gasteiger partial charge in [0.05, 0.1) is 13.2 Å². The molecule has 1 aromatic rings. The van der Waals surface area contributed by atoms with Crippen LogP contribution >= 0.6 is 0 Å². The topological polar surface area (TPSA) is 30.5 Å². The lowest BCUT2D eigenvalue weighted by molar-refractivity contribution is 0.0504. The van der Waals surface area contributed by atoms with Crippen molar-refractivity contribution >= 4 is 0 Å². The molecule has 1 N–H and O–H groups in total. The van der Waals surface area contributed by atoms with Crippen LogP contribution in [0.25, 0.3) is 0 Å². The summed E-state index contributed by atoms with van der Waals surface area (Å²) in [5, 5.41) is 3.56. The van der Waals surface area contributed by atoms with E-state index in [4.69, 9.17) is 9.47 Å². The van der Waals surface area contributed by atoms with Crippen LogP contribution in [0.1, 0.15) is 23.7 Å². The summed E-state index contributed by atoms with van der Waals surface area (Å²) in [4.78, 5) is 0. The molecule has 2 unspecified atom stereocenters. The Morgan fingerprint density at radius 3 is 3.25 bits per heavy atom. The van der Waals surface area contributed by atoms with Crippen molar-refractivity contribution in [1.82, 2.24) is 5.32 Å². The van der Waals surface area contributed by atoms with E-state index < -0.39 is 0 Å². The fraction of sp³-hybridized carbons (Fsp3) is 0.538. The number of benzene rings is 1.